The van der Waals surface area contributed by atoms with Gasteiger partial charge in [-0.3, -0.25) is 4.79 Å². The predicted molar refractivity (Wildman–Crippen MR) is 220 cm³/mol. The Bertz CT molecular complexity index is 1990. The smallest absolute Gasteiger partial charge is 0.306 e. The van der Waals surface area contributed by atoms with Crippen LogP contribution >= 0.6 is 23.2 Å². The SMILES string of the molecule is COc1nc(OCc2cccc(-c3cccc(COc4nc(OC)c(CNC5CCC[C@@H](C)C5)cc4Cl)c3C)c2C)c(Cl)cc1CNC1CCCC(C(=O)O)C1. The van der Waals surface area contributed by atoms with E-state index >= 15 is 0 Å². The summed E-state index contributed by atoms with van der Waals surface area (Å²) in [5, 5.41) is 17.4. The first kappa shape index (κ1) is 41.5. The van der Waals surface area contributed by atoms with E-state index in [0.29, 0.717) is 53.2 Å². The summed E-state index contributed by atoms with van der Waals surface area (Å²) in [4.78, 5) is 20.8. The maximum Gasteiger partial charge on any atom is 0.306 e. The molecule has 2 aliphatic rings. The van der Waals surface area contributed by atoms with Crippen LogP contribution in [0.5, 0.6) is 23.5 Å². The summed E-state index contributed by atoms with van der Waals surface area (Å²) in [7, 11) is 3.19. The van der Waals surface area contributed by atoms with Crippen LogP contribution in [0.15, 0.2) is 48.5 Å². The van der Waals surface area contributed by atoms with Crippen LogP contribution in [0.4, 0.5) is 0 Å². The molecule has 0 spiro atoms. The zero-order valence-corrected chi connectivity index (χ0v) is 34.6. The van der Waals surface area contributed by atoms with E-state index < -0.39 is 5.97 Å². The molecule has 0 aliphatic heterocycles. The van der Waals surface area contributed by atoms with Crippen LogP contribution in [-0.2, 0) is 31.1 Å². The molecule has 0 saturated heterocycles. The molecular weight excluding hydrogens is 751 g/mol. The van der Waals surface area contributed by atoms with E-state index in [1.165, 1.54) is 25.7 Å². The van der Waals surface area contributed by atoms with E-state index in [0.717, 1.165) is 69.7 Å². The summed E-state index contributed by atoms with van der Waals surface area (Å²) in [5.74, 6) is 1.23. The molecule has 3 unspecified atom stereocenters. The molecule has 10 nitrogen and oxygen atoms in total. The van der Waals surface area contributed by atoms with Gasteiger partial charge in [-0.05, 0) is 97.4 Å². The third kappa shape index (κ3) is 10.3. The zero-order valence-electron chi connectivity index (χ0n) is 33.1. The minimum atomic E-state index is -0.732. The molecule has 4 atom stereocenters. The number of rotatable bonds is 16. The quantitative estimate of drug-likeness (QED) is 0.101. The van der Waals surface area contributed by atoms with Gasteiger partial charge in [0.2, 0.25) is 23.5 Å². The van der Waals surface area contributed by atoms with Gasteiger partial charge in [0.05, 0.1) is 20.1 Å². The van der Waals surface area contributed by atoms with Crippen molar-refractivity contribution < 1.29 is 28.8 Å². The Hall–Kier alpha value is -4.09. The van der Waals surface area contributed by atoms with Gasteiger partial charge in [0.1, 0.15) is 23.3 Å². The average molecular weight is 806 g/mol. The molecule has 2 aromatic carbocycles. The maximum atomic E-state index is 11.5. The molecule has 2 fully saturated rings. The fourth-order valence-electron chi connectivity index (χ4n) is 8.08. The highest BCUT2D eigenvalue weighted by Gasteiger charge is 2.27. The largest absolute Gasteiger partial charge is 0.481 e. The number of hydrogen-bond donors (Lipinski definition) is 3. The molecule has 3 N–H and O–H groups in total. The molecule has 12 heteroatoms. The highest BCUT2D eigenvalue weighted by atomic mass is 35.5. The van der Waals surface area contributed by atoms with Gasteiger partial charge in [0.15, 0.2) is 0 Å². The molecule has 0 amide bonds. The number of ether oxygens (including phenoxy) is 4. The minimum Gasteiger partial charge on any atom is -0.481 e. The molecule has 2 aliphatic carbocycles. The van der Waals surface area contributed by atoms with Crippen molar-refractivity contribution in [1.82, 2.24) is 20.6 Å². The number of nitrogens with zero attached hydrogens (tertiary/aromatic N) is 2. The van der Waals surface area contributed by atoms with Crippen molar-refractivity contribution >= 4 is 29.2 Å². The highest BCUT2D eigenvalue weighted by Crippen LogP contribution is 2.35. The van der Waals surface area contributed by atoms with Gasteiger partial charge < -0.3 is 34.7 Å². The lowest BCUT2D eigenvalue weighted by Gasteiger charge is -2.27. The van der Waals surface area contributed by atoms with Gasteiger partial charge in [0, 0.05) is 36.3 Å². The lowest BCUT2D eigenvalue weighted by Crippen LogP contribution is -2.36. The number of carboxylic acid groups (broad SMARTS) is 1. The van der Waals surface area contributed by atoms with Crippen molar-refractivity contribution in [3.8, 4) is 34.6 Å². The monoisotopic (exact) mass is 804 g/mol. The van der Waals surface area contributed by atoms with E-state index in [9.17, 15) is 9.90 Å². The third-order valence-corrected chi connectivity index (χ3v) is 11.9. The molecule has 300 valence electrons. The second-order valence-electron chi connectivity index (χ2n) is 15.3. The first-order valence-electron chi connectivity index (χ1n) is 19.6. The summed E-state index contributed by atoms with van der Waals surface area (Å²) in [6.45, 7) is 8.14. The molecule has 56 heavy (non-hydrogen) atoms. The normalized spacial score (nSPS) is 19.7. The van der Waals surface area contributed by atoms with Crippen LogP contribution in [0, 0.1) is 25.7 Å². The van der Waals surface area contributed by atoms with Gasteiger partial charge in [-0.2, -0.15) is 9.97 Å². The summed E-state index contributed by atoms with van der Waals surface area (Å²) in [6.07, 6.45) is 8.04. The number of benzene rings is 2. The fraction of sp³-hybridized carbons (Fsp3) is 0.477. The molecule has 0 bridgehead atoms. The Kier molecular flexibility index (Phi) is 14.4. The van der Waals surface area contributed by atoms with Gasteiger partial charge >= 0.3 is 5.97 Å². The lowest BCUT2D eigenvalue weighted by molar-refractivity contribution is -0.143. The third-order valence-electron chi connectivity index (χ3n) is 11.4. The van der Waals surface area contributed by atoms with E-state index in [4.69, 9.17) is 42.1 Å². The number of aliphatic carboxylic acids is 1. The Morgan fingerprint density at radius 1 is 0.714 bits per heavy atom. The fourth-order valence-corrected chi connectivity index (χ4v) is 8.54. The number of carboxylic acids is 1. The van der Waals surface area contributed by atoms with Gasteiger partial charge in [-0.1, -0.05) is 85.8 Å². The van der Waals surface area contributed by atoms with Gasteiger partial charge in [-0.15, -0.1) is 0 Å². The van der Waals surface area contributed by atoms with Crippen LogP contribution in [0.1, 0.15) is 91.7 Å². The maximum absolute atomic E-state index is 11.5. The number of carbonyl (C=O) groups is 1. The van der Waals surface area contributed by atoms with Crippen molar-refractivity contribution in [3.63, 3.8) is 0 Å². The number of pyridine rings is 2. The van der Waals surface area contributed by atoms with E-state index in [1.807, 2.05) is 24.3 Å². The zero-order chi connectivity index (χ0) is 39.8. The molecular formula is C44H54Cl2N4O6. The van der Waals surface area contributed by atoms with Crippen LogP contribution in [0.3, 0.4) is 0 Å². The van der Waals surface area contributed by atoms with Gasteiger partial charge in [-0.25, -0.2) is 0 Å². The highest BCUT2D eigenvalue weighted by molar-refractivity contribution is 6.32. The molecule has 0 radical (unpaired) electrons. The first-order valence-corrected chi connectivity index (χ1v) is 20.4. The number of aromatic nitrogens is 2. The standard InChI is InChI=1S/C44H54Cl2N4O6/c1-26-10-6-14-34(18-26)47-22-32-20-38(45)42(49-40(32)53-4)55-24-30-12-8-16-36(27(30)2)37-17-9-13-31(28(37)3)25-56-43-39(46)21-33(41(50-43)54-5)23-48-35-15-7-11-29(19-35)44(51)52/h8-9,12-13,16-17,20-21,26,29,34-35,47-48H,6-7,10-11,14-15,18-19,22-25H2,1-5H3,(H,51,52)/t26-,29?,34?,35?/m1/s1. The number of nitrogens with one attached hydrogen (secondary N) is 2. The molecule has 2 saturated carbocycles. The van der Waals surface area contributed by atoms with E-state index in [1.54, 1.807) is 20.3 Å². The molecule has 2 heterocycles. The Morgan fingerprint density at radius 2 is 1.20 bits per heavy atom. The predicted octanol–water partition coefficient (Wildman–Crippen LogP) is 9.64. The van der Waals surface area contributed by atoms with Crippen molar-refractivity contribution in [3.05, 3.63) is 92.0 Å². The van der Waals surface area contributed by atoms with E-state index in [2.05, 4.69) is 59.6 Å². The van der Waals surface area contributed by atoms with Gasteiger partial charge in [0.25, 0.3) is 0 Å². The average Bonchev–Trinajstić information content (AvgIpc) is 3.19. The van der Waals surface area contributed by atoms with E-state index in [-0.39, 0.29) is 31.1 Å². The number of hydrogen-bond acceptors (Lipinski definition) is 9. The Morgan fingerprint density at radius 3 is 1.66 bits per heavy atom. The summed E-state index contributed by atoms with van der Waals surface area (Å²) in [5.41, 5.74) is 8.03. The second kappa shape index (κ2) is 19.4. The van der Waals surface area contributed by atoms with Crippen molar-refractivity contribution in [1.29, 1.82) is 0 Å². The Labute approximate surface area is 340 Å². The van der Waals surface area contributed by atoms with Crippen LogP contribution < -0.4 is 29.6 Å². The summed E-state index contributed by atoms with van der Waals surface area (Å²) in [6, 6.07) is 16.7. The molecule has 4 aromatic rings. The lowest BCUT2D eigenvalue weighted by atomic mass is 9.86. The topological polar surface area (TPSA) is 124 Å². The van der Waals surface area contributed by atoms with Crippen LogP contribution in [0.2, 0.25) is 10.0 Å². The van der Waals surface area contributed by atoms with Crippen molar-refractivity contribution in [2.24, 2.45) is 11.8 Å². The summed E-state index contributed by atoms with van der Waals surface area (Å²) < 4.78 is 23.7. The molecule has 6 rings (SSSR count). The number of halogens is 2. The minimum absolute atomic E-state index is 0.107. The first-order chi connectivity index (χ1) is 27.0. The second-order valence-corrected chi connectivity index (χ2v) is 16.1. The number of methoxy groups -OCH3 is 2. The van der Waals surface area contributed by atoms with Crippen LogP contribution in [-0.4, -0.2) is 47.3 Å². The van der Waals surface area contributed by atoms with Crippen molar-refractivity contribution in [2.75, 3.05) is 14.2 Å². The van der Waals surface area contributed by atoms with Crippen molar-refractivity contribution in [2.45, 2.75) is 111 Å². The van der Waals surface area contributed by atoms with Crippen LogP contribution in [0.25, 0.3) is 11.1 Å². The molecule has 2 aromatic heterocycles. The summed E-state index contributed by atoms with van der Waals surface area (Å²) >= 11 is 13.4. The Balaban J connectivity index is 1.10.